The number of allylic oxidation sites excluding steroid dienone is 1. The van der Waals surface area contributed by atoms with E-state index in [1.54, 1.807) is 17.1 Å². The number of rotatable bonds is 15. The maximum atomic E-state index is 14.8. The van der Waals surface area contributed by atoms with Crippen LogP contribution in [0.2, 0.25) is 0 Å². The first-order valence-electron chi connectivity index (χ1n) is 17.2. The van der Waals surface area contributed by atoms with Gasteiger partial charge in [0.2, 0.25) is 17.7 Å². The third kappa shape index (κ3) is 7.21. The van der Waals surface area contributed by atoms with Gasteiger partial charge in [-0.15, -0.1) is 13.2 Å². The summed E-state index contributed by atoms with van der Waals surface area (Å²) in [6, 6.07) is 16.8. The van der Waals surface area contributed by atoms with Gasteiger partial charge in [0.1, 0.15) is 17.7 Å². The van der Waals surface area contributed by atoms with E-state index in [4.69, 9.17) is 9.47 Å². The molecule has 262 valence electrons. The number of likely N-dealkylation sites (tertiary alicyclic amines) is 1. The van der Waals surface area contributed by atoms with Gasteiger partial charge < -0.3 is 29.7 Å². The molecule has 2 aromatic rings. The lowest BCUT2D eigenvalue weighted by atomic mass is 9.70. The standard InChI is InChI=1S/C39H49N3O7/c1-6-8-19-31(44)40-24-30(27-17-13-10-14-18-27)48-37(47)32-29-20-21-39(49-29)33(32)35(45)42(28(25-43)23-26-15-11-9-12-16-26)34(39)36(46)41(22-7-2)38(3,4)5/h6-7,9-18,28-30,32-34,43H,1-2,8,19-25H2,3-5H3,(H,40,44)/t28-,29+,30+,32-,33-,34+,39-/m1/s1. The number of carbonyl (C=O) groups is 4. The molecule has 3 heterocycles. The maximum absolute atomic E-state index is 14.8. The molecule has 3 fully saturated rings. The first-order valence-corrected chi connectivity index (χ1v) is 17.2. The van der Waals surface area contributed by atoms with Crippen LogP contribution in [0.15, 0.2) is 86.0 Å². The van der Waals surface area contributed by atoms with Crippen LogP contribution in [0.25, 0.3) is 0 Å². The van der Waals surface area contributed by atoms with E-state index in [0.29, 0.717) is 31.2 Å². The van der Waals surface area contributed by atoms with Gasteiger partial charge in [-0.2, -0.15) is 0 Å². The van der Waals surface area contributed by atoms with E-state index in [0.717, 1.165) is 5.56 Å². The topological polar surface area (TPSA) is 125 Å². The van der Waals surface area contributed by atoms with Crippen LogP contribution < -0.4 is 5.32 Å². The highest BCUT2D eigenvalue weighted by atomic mass is 16.6. The quantitative estimate of drug-likeness (QED) is 0.215. The summed E-state index contributed by atoms with van der Waals surface area (Å²) in [6.45, 7) is 13.2. The molecule has 5 rings (SSSR count). The number of ether oxygens (including phenoxy) is 2. The summed E-state index contributed by atoms with van der Waals surface area (Å²) in [4.78, 5) is 59.5. The van der Waals surface area contributed by atoms with Crippen LogP contribution >= 0.6 is 0 Å². The number of hydrogen-bond donors (Lipinski definition) is 2. The van der Waals surface area contributed by atoms with Gasteiger partial charge in [0.15, 0.2) is 0 Å². The first kappa shape index (κ1) is 36.0. The van der Waals surface area contributed by atoms with Crippen LogP contribution in [-0.4, -0.2) is 87.6 Å². The summed E-state index contributed by atoms with van der Waals surface area (Å²) in [5.41, 5.74) is -0.301. The van der Waals surface area contributed by atoms with Crippen LogP contribution in [0.3, 0.4) is 0 Å². The van der Waals surface area contributed by atoms with Gasteiger partial charge in [-0.3, -0.25) is 19.2 Å². The normalized spacial score (nSPS) is 25.3. The van der Waals surface area contributed by atoms with Gasteiger partial charge in [-0.25, -0.2) is 0 Å². The second-order valence-electron chi connectivity index (χ2n) is 14.2. The lowest BCUT2D eigenvalue weighted by Gasteiger charge is -2.43. The van der Waals surface area contributed by atoms with Crippen molar-refractivity contribution in [3.8, 4) is 0 Å². The Morgan fingerprint density at radius 2 is 1.78 bits per heavy atom. The van der Waals surface area contributed by atoms with Gasteiger partial charge in [-0.05, 0) is 57.6 Å². The van der Waals surface area contributed by atoms with E-state index >= 15 is 0 Å². The second kappa shape index (κ2) is 15.1. The number of nitrogens with one attached hydrogen (secondary N) is 1. The Labute approximate surface area is 289 Å². The summed E-state index contributed by atoms with van der Waals surface area (Å²) in [5, 5.41) is 13.6. The largest absolute Gasteiger partial charge is 0.455 e. The van der Waals surface area contributed by atoms with E-state index in [2.05, 4.69) is 18.5 Å². The number of aliphatic hydroxyl groups is 1. The highest BCUT2D eigenvalue weighted by molar-refractivity contribution is 5.98. The first-order chi connectivity index (χ1) is 23.5. The van der Waals surface area contributed by atoms with Crippen molar-refractivity contribution in [2.24, 2.45) is 11.8 Å². The maximum Gasteiger partial charge on any atom is 0.313 e. The SMILES string of the molecule is C=CCCC(=O)NC[C@H](OC(=O)[C@@H]1[C@@H]2CC[C@]3(O2)[C@H](C(=O)N(CC=C)C(C)(C)C)N([C@@H](CO)Cc2ccccc2)C(=O)[C@@H]13)c1ccccc1. The fraction of sp³-hybridized carbons (Fsp3) is 0.487. The van der Waals surface area contributed by atoms with Gasteiger partial charge in [0.05, 0.1) is 37.1 Å². The van der Waals surface area contributed by atoms with E-state index in [9.17, 15) is 24.3 Å². The van der Waals surface area contributed by atoms with Gasteiger partial charge in [-0.1, -0.05) is 72.8 Å². The number of hydrogen-bond acceptors (Lipinski definition) is 7. The Kier molecular flexibility index (Phi) is 11.1. The molecule has 3 saturated heterocycles. The minimum atomic E-state index is -1.28. The number of aliphatic hydroxyl groups excluding tert-OH is 1. The van der Waals surface area contributed by atoms with Crippen molar-refractivity contribution in [1.29, 1.82) is 0 Å². The van der Waals surface area contributed by atoms with Crippen molar-refractivity contribution in [3.63, 3.8) is 0 Å². The van der Waals surface area contributed by atoms with Crippen molar-refractivity contribution in [3.05, 3.63) is 97.1 Å². The molecule has 3 aliphatic heterocycles. The van der Waals surface area contributed by atoms with Crippen LogP contribution in [0, 0.1) is 11.8 Å². The minimum Gasteiger partial charge on any atom is -0.455 e. The third-order valence-corrected chi connectivity index (χ3v) is 10.0. The van der Waals surface area contributed by atoms with E-state index in [1.165, 1.54) is 4.90 Å². The number of nitrogens with zero attached hydrogens (tertiary/aromatic N) is 2. The second-order valence-corrected chi connectivity index (χ2v) is 14.2. The molecule has 0 aliphatic carbocycles. The molecule has 2 N–H and O–H groups in total. The Hall–Kier alpha value is -4.28. The van der Waals surface area contributed by atoms with Crippen molar-refractivity contribution in [2.45, 2.75) is 88.3 Å². The Bertz CT molecular complexity index is 1520. The van der Waals surface area contributed by atoms with Crippen LogP contribution in [-0.2, 0) is 35.1 Å². The lowest BCUT2D eigenvalue weighted by Crippen LogP contribution is -2.61. The molecule has 2 aromatic carbocycles. The number of carbonyl (C=O) groups excluding carboxylic acids is 4. The predicted molar refractivity (Wildman–Crippen MR) is 185 cm³/mol. The van der Waals surface area contributed by atoms with Gasteiger partial charge in [0, 0.05) is 18.5 Å². The number of fused-ring (bicyclic) bond motifs is 1. The fourth-order valence-electron chi connectivity index (χ4n) is 7.78. The molecule has 0 saturated carbocycles. The summed E-state index contributed by atoms with van der Waals surface area (Å²) in [5.74, 6) is -3.48. The number of esters is 1. The van der Waals surface area contributed by atoms with Crippen LogP contribution in [0.4, 0.5) is 0 Å². The smallest absolute Gasteiger partial charge is 0.313 e. The molecule has 1 spiro atoms. The zero-order chi connectivity index (χ0) is 35.3. The summed E-state index contributed by atoms with van der Waals surface area (Å²) in [7, 11) is 0. The highest BCUT2D eigenvalue weighted by Crippen LogP contribution is 2.59. The molecule has 10 heteroatoms. The molecular weight excluding hydrogens is 622 g/mol. The molecule has 10 nitrogen and oxygen atoms in total. The zero-order valence-electron chi connectivity index (χ0n) is 28.8. The monoisotopic (exact) mass is 671 g/mol. The highest BCUT2D eigenvalue weighted by Gasteiger charge is 2.76. The molecule has 0 aromatic heterocycles. The molecule has 49 heavy (non-hydrogen) atoms. The molecule has 3 aliphatic rings. The molecule has 0 radical (unpaired) electrons. The number of benzene rings is 2. The zero-order valence-corrected chi connectivity index (χ0v) is 28.8. The van der Waals surface area contributed by atoms with Crippen molar-refractivity contribution in [2.75, 3.05) is 19.7 Å². The number of amides is 3. The summed E-state index contributed by atoms with van der Waals surface area (Å²) >= 11 is 0. The van der Waals surface area contributed by atoms with Crippen LogP contribution in [0.5, 0.6) is 0 Å². The van der Waals surface area contributed by atoms with E-state index < -0.39 is 59.1 Å². The molecular formula is C39H49N3O7. The molecule has 2 bridgehead atoms. The summed E-state index contributed by atoms with van der Waals surface area (Å²) < 4.78 is 12.8. The van der Waals surface area contributed by atoms with Crippen molar-refractivity contribution < 1.29 is 33.8 Å². The van der Waals surface area contributed by atoms with E-state index in [1.807, 2.05) is 81.4 Å². The molecule has 3 amide bonds. The van der Waals surface area contributed by atoms with Crippen molar-refractivity contribution >= 4 is 23.7 Å². The van der Waals surface area contributed by atoms with Crippen LogP contribution in [0.1, 0.15) is 63.7 Å². The fourth-order valence-corrected chi connectivity index (χ4v) is 7.78. The molecule has 0 unspecified atom stereocenters. The van der Waals surface area contributed by atoms with Gasteiger partial charge >= 0.3 is 5.97 Å². The average Bonchev–Trinajstić information content (AvgIpc) is 3.74. The van der Waals surface area contributed by atoms with E-state index in [-0.39, 0.29) is 37.9 Å². The van der Waals surface area contributed by atoms with Crippen molar-refractivity contribution in [1.82, 2.24) is 15.1 Å². The predicted octanol–water partition coefficient (Wildman–Crippen LogP) is 4.14. The molecule has 7 atom stereocenters. The summed E-state index contributed by atoms with van der Waals surface area (Å²) in [6.07, 6.45) is 3.84. The minimum absolute atomic E-state index is 0.0483. The average molecular weight is 672 g/mol. The van der Waals surface area contributed by atoms with Gasteiger partial charge in [0.25, 0.3) is 0 Å². The third-order valence-electron chi connectivity index (χ3n) is 10.0. The Morgan fingerprint density at radius 3 is 2.39 bits per heavy atom. The Balaban J connectivity index is 1.50. The Morgan fingerprint density at radius 1 is 1.10 bits per heavy atom. The lowest BCUT2D eigenvalue weighted by molar-refractivity contribution is -0.161.